The zero-order valence-corrected chi connectivity index (χ0v) is 31.3. The minimum atomic E-state index is -2.74. The molecule has 0 bridgehead atoms. The smallest absolute Gasteiger partial charge is 0.220 e. The Hall–Kier alpha value is -6.95. The van der Waals surface area contributed by atoms with Gasteiger partial charge in [-0.3, -0.25) is 8.97 Å². The predicted octanol–water partition coefficient (Wildman–Crippen LogP) is 9.21. The number of benzene rings is 8. The number of hydrogen-bond donors (Lipinski definition) is 0. The fourth-order valence-electron chi connectivity index (χ4n) is 9.04. The summed E-state index contributed by atoms with van der Waals surface area (Å²) in [6, 6.07) is 73.7. The van der Waals surface area contributed by atoms with E-state index in [1.807, 2.05) is 0 Å². The highest BCUT2D eigenvalue weighted by Gasteiger charge is 2.41. The fraction of sp³-hybridized carbons (Fsp3) is 0.0200. The van der Waals surface area contributed by atoms with E-state index in [0.717, 1.165) is 39.2 Å². The van der Waals surface area contributed by atoms with Gasteiger partial charge in [0.2, 0.25) is 5.78 Å². The highest BCUT2D eigenvalue weighted by Crippen LogP contribution is 2.35. The van der Waals surface area contributed by atoms with Crippen molar-refractivity contribution < 1.29 is 0 Å². The number of hydrogen-bond acceptors (Lipinski definition) is 1. The lowest BCUT2D eigenvalue weighted by atomic mass is 10.1. The molecule has 8 aromatic carbocycles. The molecule has 11 rings (SSSR count). The van der Waals surface area contributed by atoms with Gasteiger partial charge >= 0.3 is 0 Å². The lowest BCUT2D eigenvalue weighted by molar-refractivity contribution is 1.11. The molecule has 0 radical (unpaired) electrons. The largest absolute Gasteiger partial charge is 0.309 e. The standard InChI is InChI=1S/C50H36N4Si/c1-35-27-30-40(31-28-35)55(38-16-4-2-5-17-38,39-18-6-3-7-19-39)41-20-14-15-36(33-41)52-45-23-10-8-21-42(45)43-34-37(29-32-46(43)52)53-48-25-12-13-26-49(48)54-47-24-11-9-22-44(47)51-50(53)54/h2-34H,1H3. The first-order valence-electron chi connectivity index (χ1n) is 18.9. The molecule has 3 aromatic heterocycles. The molecule has 11 aromatic rings. The van der Waals surface area contributed by atoms with Crippen molar-refractivity contribution in [1.29, 1.82) is 0 Å². The molecule has 0 N–H and O–H groups in total. The molecule has 0 atom stereocenters. The third-order valence-corrected chi connectivity index (χ3v) is 16.2. The van der Waals surface area contributed by atoms with Gasteiger partial charge in [0.1, 0.15) is 0 Å². The monoisotopic (exact) mass is 720 g/mol. The first kappa shape index (κ1) is 31.6. The van der Waals surface area contributed by atoms with Crippen LogP contribution in [0, 0.1) is 6.92 Å². The van der Waals surface area contributed by atoms with E-state index in [1.165, 1.54) is 48.1 Å². The molecule has 260 valence electrons. The van der Waals surface area contributed by atoms with Crippen molar-refractivity contribution in [2.24, 2.45) is 0 Å². The summed E-state index contributed by atoms with van der Waals surface area (Å²) >= 11 is 0. The van der Waals surface area contributed by atoms with Crippen molar-refractivity contribution in [3.05, 3.63) is 206 Å². The number of rotatable bonds is 6. The van der Waals surface area contributed by atoms with Gasteiger partial charge < -0.3 is 4.57 Å². The van der Waals surface area contributed by atoms with E-state index in [0.29, 0.717) is 0 Å². The van der Waals surface area contributed by atoms with Crippen LogP contribution in [0.3, 0.4) is 0 Å². The Balaban J connectivity index is 1.16. The van der Waals surface area contributed by atoms with Crippen molar-refractivity contribution in [3.8, 4) is 11.4 Å². The molecule has 4 nitrogen and oxygen atoms in total. The molecule has 0 fully saturated rings. The van der Waals surface area contributed by atoms with Gasteiger partial charge in [-0.15, -0.1) is 0 Å². The summed E-state index contributed by atoms with van der Waals surface area (Å²) in [6.45, 7) is 2.17. The van der Waals surface area contributed by atoms with Gasteiger partial charge in [-0.1, -0.05) is 145 Å². The summed E-state index contributed by atoms with van der Waals surface area (Å²) in [4.78, 5) is 5.16. The van der Waals surface area contributed by atoms with Gasteiger partial charge in [0.15, 0.2) is 8.07 Å². The summed E-state index contributed by atoms with van der Waals surface area (Å²) in [5.74, 6) is 0.914. The van der Waals surface area contributed by atoms with E-state index in [1.54, 1.807) is 0 Å². The fourth-order valence-corrected chi connectivity index (χ4v) is 13.8. The molecule has 0 aliphatic rings. The highest BCUT2D eigenvalue weighted by atomic mass is 28.3. The van der Waals surface area contributed by atoms with Gasteiger partial charge in [0.25, 0.3) is 0 Å². The van der Waals surface area contributed by atoms with E-state index < -0.39 is 8.07 Å². The second-order valence-corrected chi connectivity index (χ2v) is 18.3. The lowest BCUT2D eigenvalue weighted by Crippen LogP contribution is -2.74. The van der Waals surface area contributed by atoms with Crippen molar-refractivity contribution in [2.45, 2.75) is 6.92 Å². The average molecular weight is 721 g/mol. The topological polar surface area (TPSA) is 27.2 Å². The molecule has 0 aliphatic carbocycles. The van der Waals surface area contributed by atoms with Crippen LogP contribution < -0.4 is 20.7 Å². The zero-order chi connectivity index (χ0) is 36.5. The Bertz CT molecular complexity index is 3170. The van der Waals surface area contributed by atoms with Crippen molar-refractivity contribution in [2.75, 3.05) is 0 Å². The molecule has 0 saturated carbocycles. The maximum Gasteiger partial charge on any atom is 0.220 e. The Morgan fingerprint density at radius 1 is 0.382 bits per heavy atom. The van der Waals surface area contributed by atoms with E-state index in [2.05, 4.69) is 221 Å². The first-order chi connectivity index (χ1) is 27.2. The van der Waals surface area contributed by atoms with E-state index in [4.69, 9.17) is 4.98 Å². The van der Waals surface area contributed by atoms with E-state index in [9.17, 15) is 0 Å². The Morgan fingerprint density at radius 3 is 1.69 bits per heavy atom. The van der Waals surface area contributed by atoms with Gasteiger partial charge in [-0.2, -0.15) is 0 Å². The van der Waals surface area contributed by atoms with Crippen LogP contribution >= 0.6 is 0 Å². The van der Waals surface area contributed by atoms with Crippen LogP contribution in [-0.4, -0.2) is 26.6 Å². The van der Waals surface area contributed by atoms with Crippen LogP contribution in [0.4, 0.5) is 0 Å². The third-order valence-electron chi connectivity index (χ3n) is 11.5. The van der Waals surface area contributed by atoms with Gasteiger partial charge in [-0.05, 0) is 88.3 Å². The molecule has 3 heterocycles. The predicted molar refractivity (Wildman–Crippen MR) is 232 cm³/mol. The maximum absolute atomic E-state index is 5.16. The Labute approximate surface area is 319 Å². The molecule has 0 aliphatic heterocycles. The average Bonchev–Trinajstić information content (AvgIpc) is 3.89. The van der Waals surface area contributed by atoms with Crippen LogP contribution in [0.15, 0.2) is 200 Å². The maximum atomic E-state index is 5.16. The minimum Gasteiger partial charge on any atom is -0.309 e. The second-order valence-electron chi connectivity index (χ2n) is 14.5. The number of aryl methyl sites for hydroxylation is 1. The number of aromatic nitrogens is 4. The highest BCUT2D eigenvalue weighted by molar-refractivity contribution is 7.19. The molecular formula is C50H36N4Si. The molecular weight excluding hydrogens is 685 g/mol. The molecule has 0 unspecified atom stereocenters. The second kappa shape index (κ2) is 12.3. The minimum absolute atomic E-state index is 0.914. The quantitative estimate of drug-likeness (QED) is 0.124. The first-order valence-corrected chi connectivity index (χ1v) is 20.9. The third kappa shape index (κ3) is 4.67. The summed E-state index contributed by atoms with van der Waals surface area (Å²) in [7, 11) is -2.74. The number of imidazole rings is 2. The van der Waals surface area contributed by atoms with Crippen LogP contribution in [0.25, 0.3) is 61.0 Å². The number of fused-ring (bicyclic) bond motifs is 8. The van der Waals surface area contributed by atoms with Crippen LogP contribution in [-0.2, 0) is 0 Å². The van der Waals surface area contributed by atoms with E-state index >= 15 is 0 Å². The van der Waals surface area contributed by atoms with Gasteiger partial charge in [0.05, 0.1) is 33.1 Å². The van der Waals surface area contributed by atoms with Crippen molar-refractivity contribution >= 4 is 78.5 Å². The van der Waals surface area contributed by atoms with E-state index in [-0.39, 0.29) is 0 Å². The van der Waals surface area contributed by atoms with Gasteiger partial charge in [0, 0.05) is 22.1 Å². The summed E-state index contributed by atoms with van der Waals surface area (Å²) < 4.78 is 7.05. The molecule has 0 spiro atoms. The number of nitrogens with zero attached hydrogens (tertiary/aromatic N) is 4. The molecule has 5 heteroatoms. The van der Waals surface area contributed by atoms with Crippen LogP contribution in [0.5, 0.6) is 0 Å². The summed E-state index contributed by atoms with van der Waals surface area (Å²) in [5.41, 5.74) is 10.2. The molecule has 0 amide bonds. The summed E-state index contributed by atoms with van der Waals surface area (Å²) in [6.07, 6.45) is 0. The number of para-hydroxylation sites is 5. The summed E-state index contributed by atoms with van der Waals surface area (Å²) in [5, 5.41) is 7.88. The van der Waals surface area contributed by atoms with Crippen LogP contribution in [0.2, 0.25) is 0 Å². The Kier molecular flexibility index (Phi) is 7.06. The molecule has 0 saturated heterocycles. The SMILES string of the molecule is Cc1ccc([Si](c2ccccc2)(c2ccccc2)c2cccc(-n3c4ccccc4c4cc(-n5c6ccccc6n6c7ccccc7nc56)ccc43)c2)cc1. The zero-order valence-electron chi connectivity index (χ0n) is 30.3. The lowest BCUT2D eigenvalue weighted by Gasteiger charge is -2.34. The molecule has 55 heavy (non-hydrogen) atoms. The normalized spacial score (nSPS) is 12.1. The van der Waals surface area contributed by atoms with Gasteiger partial charge in [-0.25, -0.2) is 4.98 Å². The van der Waals surface area contributed by atoms with Crippen molar-refractivity contribution in [3.63, 3.8) is 0 Å². The Morgan fingerprint density at radius 2 is 0.945 bits per heavy atom. The van der Waals surface area contributed by atoms with Crippen molar-refractivity contribution in [1.82, 2.24) is 18.5 Å². The van der Waals surface area contributed by atoms with Crippen LogP contribution in [0.1, 0.15) is 5.56 Å².